The zero-order valence-electron chi connectivity index (χ0n) is 12.5. The van der Waals surface area contributed by atoms with Gasteiger partial charge in [0.15, 0.2) is 5.88 Å². The maximum atomic E-state index is 5.88. The van der Waals surface area contributed by atoms with Crippen molar-refractivity contribution in [3.63, 3.8) is 0 Å². The van der Waals surface area contributed by atoms with Gasteiger partial charge in [-0.25, -0.2) is 0 Å². The molecule has 1 unspecified atom stereocenters. The Balaban J connectivity index is 1.80. The summed E-state index contributed by atoms with van der Waals surface area (Å²) in [5.41, 5.74) is 5.26. The van der Waals surface area contributed by atoms with E-state index in [1.54, 1.807) is 0 Å². The number of nitrogens with one attached hydrogen (secondary N) is 2. The third-order valence-corrected chi connectivity index (χ3v) is 4.47. The standard InChI is InChI=1S/C19H20N2O/c1-2-8-17(20-11-5-1)18(19-21-12-13-22-19)16-10-9-14-6-3-4-7-15(14)16/h1-8,11,16,20-21H,9-10,12-13H2. The molecule has 1 aromatic rings. The topological polar surface area (TPSA) is 33.3 Å². The minimum absolute atomic E-state index is 0.385. The summed E-state index contributed by atoms with van der Waals surface area (Å²) in [6.45, 7) is 1.62. The molecule has 4 rings (SSSR count). The molecule has 0 radical (unpaired) electrons. The smallest absolute Gasteiger partial charge is 0.192 e. The van der Waals surface area contributed by atoms with Crippen LogP contribution in [0, 0.1) is 0 Å². The summed E-state index contributed by atoms with van der Waals surface area (Å²) >= 11 is 0. The van der Waals surface area contributed by atoms with Crippen LogP contribution in [0.25, 0.3) is 0 Å². The van der Waals surface area contributed by atoms with Crippen molar-refractivity contribution in [1.82, 2.24) is 10.6 Å². The first kappa shape index (κ1) is 13.3. The fourth-order valence-electron chi connectivity index (χ4n) is 3.49. The van der Waals surface area contributed by atoms with E-state index in [2.05, 4.69) is 47.1 Å². The van der Waals surface area contributed by atoms with Crippen LogP contribution in [0.15, 0.2) is 71.9 Å². The summed E-state index contributed by atoms with van der Waals surface area (Å²) in [4.78, 5) is 0. The molecule has 0 bridgehead atoms. The largest absolute Gasteiger partial charge is 0.477 e. The van der Waals surface area contributed by atoms with Crippen LogP contribution in [-0.4, -0.2) is 13.2 Å². The van der Waals surface area contributed by atoms with E-state index in [0.717, 1.165) is 37.6 Å². The molecule has 112 valence electrons. The molecule has 1 aliphatic carbocycles. The molecule has 1 fully saturated rings. The van der Waals surface area contributed by atoms with Gasteiger partial charge in [0, 0.05) is 23.4 Å². The first-order valence-corrected chi connectivity index (χ1v) is 7.92. The quantitative estimate of drug-likeness (QED) is 0.879. The van der Waals surface area contributed by atoms with Crippen molar-refractivity contribution in [3.05, 3.63) is 83.0 Å². The summed E-state index contributed by atoms with van der Waals surface area (Å²) in [7, 11) is 0. The number of rotatable bonds is 2. The van der Waals surface area contributed by atoms with Crippen molar-refractivity contribution in [1.29, 1.82) is 0 Å². The van der Waals surface area contributed by atoms with Gasteiger partial charge >= 0.3 is 0 Å². The number of fused-ring (bicyclic) bond motifs is 1. The summed E-state index contributed by atoms with van der Waals surface area (Å²) in [5, 5.41) is 6.82. The van der Waals surface area contributed by atoms with Crippen LogP contribution in [-0.2, 0) is 11.2 Å². The second-order valence-corrected chi connectivity index (χ2v) is 5.78. The fraction of sp³-hybridized carbons (Fsp3) is 0.263. The van der Waals surface area contributed by atoms with Crippen molar-refractivity contribution in [3.8, 4) is 0 Å². The number of benzene rings is 1. The van der Waals surface area contributed by atoms with Gasteiger partial charge in [0.1, 0.15) is 6.61 Å². The Morgan fingerprint density at radius 2 is 2.09 bits per heavy atom. The molecule has 0 amide bonds. The molecule has 1 aromatic carbocycles. The molecule has 0 aromatic heterocycles. The van der Waals surface area contributed by atoms with E-state index in [0.29, 0.717) is 5.92 Å². The molecule has 1 saturated heterocycles. The maximum Gasteiger partial charge on any atom is 0.192 e. The van der Waals surface area contributed by atoms with E-state index in [4.69, 9.17) is 4.74 Å². The van der Waals surface area contributed by atoms with Gasteiger partial charge in [-0.05, 0) is 36.1 Å². The zero-order chi connectivity index (χ0) is 14.8. The van der Waals surface area contributed by atoms with Gasteiger partial charge in [-0.3, -0.25) is 0 Å². The third-order valence-electron chi connectivity index (χ3n) is 4.47. The highest BCUT2D eigenvalue weighted by Crippen LogP contribution is 2.42. The Hall–Kier alpha value is -2.42. The molecule has 3 heteroatoms. The van der Waals surface area contributed by atoms with E-state index >= 15 is 0 Å². The number of allylic oxidation sites excluding steroid dienone is 5. The predicted molar refractivity (Wildman–Crippen MR) is 88.0 cm³/mol. The van der Waals surface area contributed by atoms with Gasteiger partial charge in [0.25, 0.3) is 0 Å². The van der Waals surface area contributed by atoms with Gasteiger partial charge in [-0.1, -0.05) is 36.4 Å². The van der Waals surface area contributed by atoms with Gasteiger partial charge in [-0.15, -0.1) is 0 Å². The van der Waals surface area contributed by atoms with Crippen LogP contribution >= 0.6 is 0 Å². The second-order valence-electron chi connectivity index (χ2n) is 5.78. The highest BCUT2D eigenvalue weighted by atomic mass is 16.5. The van der Waals surface area contributed by atoms with Gasteiger partial charge in [0.05, 0.1) is 6.54 Å². The fourth-order valence-corrected chi connectivity index (χ4v) is 3.49. The van der Waals surface area contributed by atoms with Gasteiger partial charge < -0.3 is 15.4 Å². The molecule has 1 atom stereocenters. The Kier molecular flexibility index (Phi) is 3.47. The summed E-state index contributed by atoms with van der Waals surface area (Å²) in [6, 6.07) is 8.77. The molecule has 3 aliphatic rings. The average molecular weight is 292 g/mol. The molecule has 0 saturated carbocycles. The average Bonchev–Trinajstić information content (AvgIpc) is 3.14. The van der Waals surface area contributed by atoms with Crippen molar-refractivity contribution in [2.24, 2.45) is 0 Å². The lowest BCUT2D eigenvalue weighted by atomic mass is 9.90. The van der Waals surface area contributed by atoms with Crippen molar-refractivity contribution in [2.45, 2.75) is 18.8 Å². The normalized spacial score (nSPS) is 24.7. The predicted octanol–water partition coefficient (Wildman–Crippen LogP) is 3.10. The Morgan fingerprint density at radius 3 is 3.00 bits per heavy atom. The molecular formula is C19H20N2O. The highest BCUT2D eigenvalue weighted by molar-refractivity contribution is 5.49. The monoisotopic (exact) mass is 292 g/mol. The number of hydrogen-bond donors (Lipinski definition) is 2. The lowest BCUT2D eigenvalue weighted by Crippen LogP contribution is -2.18. The van der Waals surface area contributed by atoms with Crippen LogP contribution in [0.5, 0.6) is 0 Å². The Morgan fingerprint density at radius 1 is 1.14 bits per heavy atom. The third kappa shape index (κ3) is 2.33. The highest BCUT2D eigenvalue weighted by Gasteiger charge is 2.31. The first-order chi connectivity index (χ1) is 10.9. The van der Waals surface area contributed by atoms with Crippen LogP contribution in [0.4, 0.5) is 0 Å². The molecule has 2 N–H and O–H groups in total. The van der Waals surface area contributed by atoms with E-state index in [-0.39, 0.29) is 0 Å². The van der Waals surface area contributed by atoms with Crippen LogP contribution in [0.1, 0.15) is 23.5 Å². The number of aryl methyl sites for hydroxylation is 1. The summed E-state index contributed by atoms with van der Waals surface area (Å²) in [5.74, 6) is 1.32. The molecule has 22 heavy (non-hydrogen) atoms. The van der Waals surface area contributed by atoms with Crippen molar-refractivity contribution < 1.29 is 4.74 Å². The first-order valence-electron chi connectivity index (χ1n) is 7.92. The van der Waals surface area contributed by atoms with E-state index in [9.17, 15) is 0 Å². The lowest BCUT2D eigenvalue weighted by Gasteiger charge is -2.21. The molecule has 2 aliphatic heterocycles. The molecular weight excluding hydrogens is 272 g/mol. The van der Waals surface area contributed by atoms with Crippen LogP contribution < -0.4 is 10.6 Å². The minimum atomic E-state index is 0.385. The van der Waals surface area contributed by atoms with Crippen molar-refractivity contribution in [2.75, 3.05) is 13.2 Å². The SMILES string of the molecule is C1=CC=C(C(=C2NCCO2)C2CCc3ccccc32)NC=C1. The number of hydrogen-bond acceptors (Lipinski definition) is 3. The van der Waals surface area contributed by atoms with Crippen LogP contribution in [0.3, 0.4) is 0 Å². The second kappa shape index (κ2) is 5.76. The van der Waals surface area contributed by atoms with E-state index in [1.165, 1.54) is 16.7 Å². The van der Waals surface area contributed by atoms with E-state index in [1.807, 2.05) is 18.4 Å². The summed E-state index contributed by atoms with van der Waals surface area (Å²) in [6.07, 6.45) is 12.5. The van der Waals surface area contributed by atoms with Crippen molar-refractivity contribution >= 4 is 0 Å². The Labute approximate surface area is 131 Å². The minimum Gasteiger partial charge on any atom is -0.477 e. The zero-order valence-corrected chi connectivity index (χ0v) is 12.5. The van der Waals surface area contributed by atoms with Gasteiger partial charge in [-0.2, -0.15) is 0 Å². The maximum absolute atomic E-state index is 5.88. The van der Waals surface area contributed by atoms with E-state index < -0.39 is 0 Å². The number of ether oxygens (including phenoxy) is 1. The Bertz CT molecular complexity index is 689. The molecule has 0 spiro atoms. The van der Waals surface area contributed by atoms with Crippen LogP contribution in [0.2, 0.25) is 0 Å². The summed E-state index contributed by atoms with van der Waals surface area (Å²) < 4.78 is 5.88. The van der Waals surface area contributed by atoms with Gasteiger partial charge in [0.2, 0.25) is 0 Å². The molecule has 3 nitrogen and oxygen atoms in total. The molecule has 2 heterocycles. The lowest BCUT2D eigenvalue weighted by molar-refractivity contribution is 0.259.